The first-order valence-corrected chi connectivity index (χ1v) is 7.00. The lowest BCUT2D eigenvalue weighted by molar-refractivity contribution is -0.137. The fourth-order valence-corrected chi connectivity index (χ4v) is 2.72. The van der Waals surface area contributed by atoms with E-state index in [9.17, 15) is 9.59 Å². The third kappa shape index (κ3) is 3.83. The molecule has 2 amide bonds. The molecule has 108 valence electrons. The van der Waals surface area contributed by atoms with E-state index < -0.39 is 5.97 Å². The van der Waals surface area contributed by atoms with Crippen LogP contribution in [0.25, 0.3) is 0 Å². The summed E-state index contributed by atoms with van der Waals surface area (Å²) >= 11 is 0. The van der Waals surface area contributed by atoms with Crippen LogP contribution in [0.1, 0.15) is 32.1 Å². The third-order valence-corrected chi connectivity index (χ3v) is 3.87. The number of urea groups is 1. The molecule has 2 aliphatic rings. The fourth-order valence-electron chi connectivity index (χ4n) is 2.72. The summed E-state index contributed by atoms with van der Waals surface area (Å²) in [6.07, 6.45) is 4.50. The lowest BCUT2D eigenvalue weighted by Gasteiger charge is -2.36. The van der Waals surface area contributed by atoms with Crippen LogP contribution in [-0.4, -0.2) is 64.3 Å². The second-order valence-corrected chi connectivity index (χ2v) is 5.50. The van der Waals surface area contributed by atoms with Crippen LogP contribution in [0.15, 0.2) is 0 Å². The van der Waals surface area contributed by atoms with Crippen molar-refractivity contribution in [1.29, 1.82) is 0 Å². The first kappa shape index (κ1) is 14.1. The van der Waals surface area contributed by atoms with Gasteiger partial charge in [0, 0.05) is 25.7 Å². The van der Waals surface area contributed by atoms with E-state index in [0.717, 1.165) is 25.7 Å². The maximum atomic E-state index is 12.4. The zero-order valence-corrected chi connectivity index (χ0v) is 11.1. The minimum Gasteiger partial charge on any atom is -0.480 e. The van der Waals surface area contributed by atoms with E-state index in [0.29, 0.717) is 25.4 Å². The quantitative estimate of drug-likeness (QED) is 0.772. The number of hydrogen-bond acceptors (Lipinski definition) is 3. The Bertz CT molecular complexity index is 342. The highest BCUT2D eigenvalue weighted by atomic mass is 16.4. The predicted octanol–water partition coefficient (Wildman–Crippen LogP) is 0.750. The molecule has 0 aromatic carbocycles. The Morgan fingerprint density at radius 2 is 2.00 bits per heavy atom. The summed E-state index contributed by atoms with van der Waals surface area (Å²) < 4.78 is 0. The number of hydrogen-bond donors (Lipinski definition) is 2. The molecule has 6 nitrogen and oxygen atoms in total. The topological polar surface area (TPSA) is 81.1 Å². The second kappa shape index (κ2) is 6.23. The molecule has 19 heavy (non-hydrogen) atoms. The van der Waals surface area contributed by atoms with Gasteiger partial charge in [-0.05, 0) is 38.0 Å². The van der Waals surface area contributed by atoms with Gasteiger partial charge in [0.25, 0.3) is 0 Å². The van der Waals surface area contributed by atoms with Crippen molar-refractivity contribution in [1.82, 2.24) is 9.80 Å². The number of amides is 2. The minimum absolute atomic E-state index is 0.113. The van der Waals surface area contributed by atoms with Gasteiger partial charge in [-0.15, -0.1) is 0 Å². The smallest absolute Gasteiger partial charge is 0.323 e. The molecule has 1 saturated heterocycles. The Labute approximate surface area is 113 Å². The first-order chi connectivity index (χ1) is 9.11. The predicted molar refractivity (Wildman–Crippen MR) is 68.8 cm³/mol. The minimum atomic E-state index is -0.954. The standard InChI is InChI=1S/C13H22N2O4/c16-7-5-10-2-1-6-14(8-10)13(19)15(9-12(17)18)11-3-4-11/h10-11,16H,1-9H2,(H,17,18). The Morgan fingerprint density at radius 3 is 2.58 bits per heavy atom. The molecule has 1 saturated carbocycles. The van der Waals surface area contributed by atoms with Gasteiger partial charge in [0.1, 0.15) is 6.54 Å². The van der Waals surface area contributed by atoms with Crippen molar-refractivity contribution in [3.63, 3.8) is 0 Å². The zero-order valence-electron chi connectivity index (χ0n) is 11.1. The average Bonchev–Trinajstić information content (AvgIpc) is 3.20. The van der Waals surface area contributed by atoms with Crippen molar-refractivity contribution in [3.8, 4) is 0 Å². The number of carboxylic acid groups (broad SMARTS) is 1. The van der Waals surface area contributed by atoms with Crippen LogP contribution in [0.5, 0.6) is 0 Å². The number of rotatable bonds is 5. The zero-order chi connectivity index (χ0) is 13.8. The molecule has 1 atom stereocenters. The van der Waals surface area contributed by atoms with Gasteiger partial charge in [0.05, 0.1) is 0 Å². The number of likely N-dealkylation sites (tertiary alicyclic amines) is 1. The molecule has 0 aromatic rings. The Morgan fingerprint density at radius 1 is 1.26 bits per heavy atom. The van der Waals surface area contributed by atoms with Crippen LogP contribution in [0, 0.1) is 5.92 Å². The van der Waals surface area contributed by atoms with Crippen molar-refractivity contribution in [3.05, 3.63) is 0 Å². The maximum absolute atomic E-state index is 12.4. The fraction of sp³-hybridized carbons (Fsp3) is 0.846. The lowest BCUT2D eigenvalue weighted by atomic mass is 9.95. The molecular weight excluding hydrogens is 248 g/mol. The molecule has 1 aliphatic heterocycles. The number of aliphatic hydroxyl groups is 1. The largest absolute Gasteiger partial charge is 0.480 e. The van der Waals surface area contributed by atoms with Crippen molar-refractivity contribution in [2.24, 2.45) is 5.92 Å². The summed E-state index contributed by atoms with van der Waals surface area (Å²) in [6.45, 7) is 1.28. The molecule has 6 heteroatoms. The number of carbonyl (C=O) groups excluding carboxylic acids is 1. The summed E-state index contributed by atoms with van der Waals surface area (Å²) in [5.41, 5.74) is 0. The Hall–Kier alpha value is -1.30. The molecule has 0 spiro atoms. The van der Waals surface area contributed by atoms with E-state index in [-0.39, 0.29) is 25.2 Å². The first-order valence-electron chi connectivity index (χ1n) is 7.00. The van der Waals surface area contributed by atoms with Crippen LogP contribution in [0.2, 0.25) is 0 Å². The molecule has 1 aliphatic carbocycles. The van der Waals surface area contributed by atoms with E-state index >= 15 is 0 Å². The molecule has 2 rings (SSSR count). The molecular formula is C13H22N2O4. The van der Waals surface area contributed by atoms with Gasteiger partial charge in [0.15, 0.2) is 0 Å². The van der Waals surface area contributed by atoms with Gasteiger partial charge >= 0.3 is 12.0 Å². The van der Waals surface area contributed by atoms with Gasteiger partial charge in [-0.3, -0.25) is 4.79 Å². The molecule has 1 unspecified atom stereocenters. The van der Waals surface area contributed by atoms with Gasteiger partial charge < -0.3 is 20.0 Å². The highest BCUT2D eigenvalue weighted by Crippen LogP contribution is 2.29. The van der Waals surface area contributed by atoms with E-state index in [1.165, 1.54) is 4.90 Å². The normalized spacial score (nSPS) is 23.2. The second-order valence-electron chi connectivity index (χ2n) is 5.50. The van der Waals surface area contributed by atoms with E-state index in [4.69, 9.17) is 10.2 Å². The van der Waals surface area contributed by atoms with Crippen LogP contribution < -0.4 is 0 Å². The number of carboxylic acids is 1. The van der Waals surface area contributed by atoms with Gasteiger partial charge in [-0.25, -0.2) is 4.79 Å². The summed E-state index contributed by atoms with van der Waals surface area (Å²) in [4.78, 5) is 26.5. The van der Waals surface area contributed by atoms with Crippen LogP contribution in [-0.2, 0) is 4.79 Å². The number of carbonyl (C=O) groups is 2. The van der Waals surface area contributed by atoms with E-state index in [1.54, 1.807) is 4.90 Å². The lowest BCUT2D eigenvalue weighted by Crippen LogP contribution is -2.50. The van der Waals surface area contributed by atoms with Crippen LogP contribution in [0.3, 0.4) is 0 Å². The Balaban J connectivity index is 1.94. The van der Waals surface area contributed by atoms with Crippen molar-refractivity contribution >= 4 is 12.0 Å². The molecule has 0 radical (unpaired) electrons. The summed E-state index contributed by atoms with van der Waals surface area (Å²) in [7, 11) is 0. The molecule has 2 N–H and O–H groups in total. The van der Waals surface area contributed by atoms with Crippen molar-refractivity contribution in [2.45, 2.75) is 38.1 Å². The van der Waals surface area contributed by atoms with Gasteiger partial charge in [-0.2, -0.15) is 0 Å². The van der Waals surface area contributed by atoms with Crippen molar-refractivity contribution in [2.75, 3.05) is 26.2 Å². The molecule has 1 heterocycles. The summed E-state index contributed by atoms with van der Waals surface area (Å²) in [6, 6.07) is -0.0330. The number of aliphatic carboxylic acids is 1. The Kier molecular flexibility index (Phi) is 4.63. The molecule has 0 bridgehead atoms. The number of nitrogens with zero attached hydrogens (tertiary/aromatic N) is 2. The van der Waals surface area contributed by atoms with Crippen molar-refractivity contribution < 1.29 is 19.8 Å². The van der Waals surface area contributed by atoms with Crippen LogP contribution in [0.4, 0.5) is 4.79 Å². The maximum Gasteiger partial charge on any atom is 0.323 e. The van der Waals surface area contributed by atoms with Gasteiger partial charge in [0.2, 0.25) is 0 Å². The molecule has 0 aromatic heterocycles. The number of aliphatic hydroxyl groups excluding tert-OH is 1. The summed E-state index contributed by atoms with van der Waals surface area (Å²) in [5.74, 6) is -0.613. The van der Waals surface area contributed by atoms with Gasteiger partial charge in [-0.1, -0.05) is 0 Å². The SMILES string of the molecule is O=C(O)CN(C(=O)N1CCCC(CCO)C1)C1CC1. The van der Waals surface area contributed by atoms with E-state index in [2.05, 4.69) is 0 Å². The molecule has 2 fully saturated rings. The third-order valence-electron chi connectivity index (χ3n) is 3.87. The monoisotopic (exact) mass is 270 g/mol. The highest BCUT2D eigenvalue weighted by Gasteiger charge is 2.37. The average molecular weight is 270 g/mol. The summed E-state index contributed by atoms with van der Waals surface area (Å²) in [5, 5.41) is 17.9. The number of piperidine rings is 1. The highest BCUT2D eigenvalue weighted by molar-refractivity contribution is 5.80. The van der Waals surface area contributed by atoms with E-state index in [1.807, 2.05) is 0 Å². The van der Waals surface area contributed by atoms with Crippen LogP contribution >= 0.6 is 0 Å².